The van der Waals surface area contributed by atoms with E-state index >= 15 is 0 Å². The molecule has 5 atom stereocenters. The van der Waals surface area contributed by atoms with E-state index in [9.17, 15) is 20.1 Å². The number of benzene rings is 1. The Morgan fingerprint density at radius 1 is 1.10 bits per heavy atom. The van der Waals surface area contributed by atoms with E-state index in [1.54, 1.807) is 12.1 Å². The third-order valence-electron chi connectivity index (χ3n) is 4.51. The number of nitrogens with one attached hydrogen (secondary N) is 1. The second kappa shape index (κ2) is 4.33. The highest BCUT2D eigenvalue weighted by atomic mass is 16.7. The second-order valence-corrected chi connectivity index (χ2v) is 5.68. The Hall–Kier alpha value is -1.83. The van der Waals surface area contributed by atoms with Crippen molar-refractivity contribution in [1.82, 2.24) is 5.32 Å². The van der Waals surface area contributed by atoms with Gasteiger partial charge in [-0.05, 0) is 24.1 Å². The third kappa shape index (κ3) is 1.75. The summed E-state index contributed by atoms with van der Waals surface area (Å²) in [5, 5.41) is 32.7. The van der Waals surface area contributed by atoms with E-state index in [-0.39, 0.29) is 19.1 Å². The quantitative estimate of drug-likeness (QED) is 0.493. The molecule has 4 rings (SSSR count). The number of amides is 1. The van der Waals surface area contributed by atoms with Gasteiger partial charge in [-0.3, -0.25) is 4.79 Å². The summed E-state index contributed by atoms with van der Waals surface area (Å²) in [6.07, 6.45) is -3.25. The van der Waals surface area contributed by atoms with Crippen LogP contribution < -0.4 is 14.8 Å². The molecule has 0 unspecified atom stereocenters. The van der Waals surface area contributed by atoms with Gasteiger partial charge in [-0.1, -0.05) is 0 Å². The van der Waals surface area contributed by atoms with Crippen LogP contribution in [0.15, 0.2) is 12.1 Å². The summed E-state index contributed by atoms with van der Waals surface area (Å²) < 4.78 is 10.6. The van der Waals surface area contributed by atoms with Crippen molar-refractivity contribution in [2.75, 3.05) is 6.79 Å². The number of aliphatic hydroxyl groups excluding tert-OH is 3. The summed E-state index contributed by atoms with van der Waals surface area (Å²) in [5.74, 6) is 0.259. The van der Waals surface area contributed by atoms with Gasteiger partial charge >= 0.3 is 0 Å². The number of fused-ring (bicyclic) bond motifs is 4. The summed E-state index contributed by atoms with van der Waals surface area (Å²) >= 11 is 0. The predicted molar refractivity (Wildman–Crippen MR) is 69.2 cm³/mol. The van der Waals surface area contributed by atoms with Crippen molar-refractivity contribution in [3.05, 3.63) is 23.3 Å². The zero-order valence-corrected chi connectivity index (χ0v) is 11.0. The first-order chi connectivity index (χ1) is 10.1. The molecule has 21 heavy (non-hydrogen) atoms. The monoisotopic (exact) mass is 293 g/mol. The Morgan fingerprint density at radius 3 is 2.57 bits per heavy atom. The van der Waals surface area contributed by atoms with Crippen molar-refractivity contribution in [1.29, 1.82) is 0 Å². The van der Waals surface area contributed by atoms with Crippen molar-refractivity contribution < 1.29 is 29.6 Å². The summed E-state index contributed by atoms with van der Waals surface area (Å²) in [7, 11) is 0. The molecule has 0 spiro atoms. The molecule has 1 amide bonds. The molecule has 2 aliphatic heterocycles. The Bertz CT molecular complexity index is 618. The van der Waals surface area contributed by atoms with Crippen LogP contribution in [0.25, 0.3) is 0 Å². The lowest BCUT2D eigenvalue weighted by Gasteiger charge is -2.44. The molecular weight excluding hydrogens is 278 g/mol. The highest BCUT2D eigenvalue weighted by molar-refractivity contribution is 5.98. The normalized spacial score (nSPS) is 36.7. The van der Waals surface area contributed by atoms with Gasteiger partial charge in [0, 0.05) is 17.5 Å². The van der Waals surface area contributed by atoms with Crippen LogP contribution in [0.3, 0.4) is 0 Å². The fourth-order valence-corrected chi connectivity index (χ4v) is 3.45. The minimum absolute atomic E-state index is 0.0951. The molecule has 1 fully saturated rings. The second-order valence-electron chi connectivity index (χ2n) is 5.68. The molecule has 2 heterocycles. The number of ether oxygens (including phenoxy) is 2. The molecule has 0 radical (unpaired) electrons. The van der Waals surface area contributed by atoms with Gasteiger partial charge in [-0.25, -0.2) is 0 Å². The van der Waals surface area contributed by atoms with Gasteiger partial charge in [-0.2, -0.15) is 0 Å². The Labute approximate surface area is 120 Å². The lowest BCUT2D eigenvalue weighted by molar-refractivity contribution is -0.103. The highest BCUT2D eigenvalue weighted by Gasteiger charge is 2.48. The molecule has 1 aromatic rings. The molecule has 4 N–H and O–H groups in total. The van der Waals surface area contributed by atoms with Crippen LogP contribution in [0.1, 0.15) is 28.3 Å². The molecule has 3 aliphatic rings. The standard InChI is InChI=1S/C14H15NO6/c16-8-3-7-11(13(18)12(8)17)5-1-9-10(21-4-20-9)2-6(5)14(19)15-7/h1-2,7-8,11-13,16-18H,3-4H2,(H,15,19)/t7-,8+,11+,12+,13+/m0/s1. The van der Waals surface area contributed by atoms with Gasteiger partial charge < -0.3 is 30.1 Å². The molecule has 112 valence electrons. The first-order valence-corrected chi connectivity index (χ1v) is 6.85. The summed E-state index contributed by atoms with van der Waals surface area (Å²) in [6.45, 7) is 0.0951. The molecule has 0 aromatic heterocycles. The maximum Gasteiger partial charge on any atom is 0.251 e. The van der Waals surface area contributed by atoms with Crippen molar-refractivity contribution in [2.24, 2.45) is 0 Å². The molecule has 1 aliphatic carbocycles. The van der Waals surface area contributed by atoms with Gasteiger partial charge in [0.15, 0.2) is 11.5 Å². The Morgan fingerprint density at radius 2 is 1.81 bits per heavy atom. The number of rotatable bonds is 0. The van der Waals surface area contributed by atoms with Gasteiger partial charge in [0.2, 0.25) is 6.79 Å². The largest absolute Gasteiger partial charge is 0.454 e. The summed E-state index contributed by atoms with van der Waals surface area (Å²) in [5.41, 5.74) is 1.02. The van der Waals surface area contributed by atoms with Gasteiger partial charge in [-0.15, -0.1) is 0 Å². The SMILES string of the molecule is O=C1N[C@H]2C[C@@H](O)[C@@H](O)[C@H](O)[C@@H]2c2cc3c(cc21)OCO3. The predicted octanol–water partition coefficient (Wildman–Crippen LogP) is -0.903. The Balaban J connectivity index is 1.84. The Kier molecular flexibility index (Phi) is 2.66. The topological polar surface area (TPSA) is 108 Å². The van der Waals surface area contributed by atoms with Crippen LogP contribution in [0.4, 0.5) is 0 Å². The zero-order valence-electron chi connectivity index (χ0n) is 11.0. The fraction of sp³-hybridized carbons (Fsp3) is 0.500. The smallest absolute Gasteiger partial charge is 0.251 e. The van der Waals surface area contributed by atoms with Gasteiger partial charge in [0.1, 0.15) is 6.10 Å². The molecule has 0 bridgehead atoms. The van der Waals surface area contributed by atoms with Crippen LogP contribution in [-0.4, -0.2) is 52.4 Å². The minimum atomic E-state index is -1.24. The van der Waals surface area contributed by atoms with Crippen LogP contribution >= 0.6 is 0 Å². The first-order valence-electron chi connectivity index (χ1n) is 6.85. The average Bonchev–Trinajstić information content (AvgIpc) is 2.90. The van der Waals surface area contributed by atoms with E-state index in [0.717, 1.165) is 0 Å². The third-order valence-corrected chi connectivity index (χ3v) is 4.51. The van der Waals surface area contributed by atoms with Crippen LogP contribution in [-0.2, 0) is 0 Å². The van der Waals surface area contributed by atoms with Crippen molar-refractivity contribution in [3.63, 3.8) is 0 Å². The maximum atomic E-state index is 12.2. The van der Waals surface area contributed by atoms with Crippen molar-refractivity contribution >= 4 is 5.91 Å². The van der Waals surface area contributed by atoms with E-state index < -0.39 is 30.3 Å². The summed E-state index contributed by atoms with van der Waals surface area (Å²) in [6, 6.07) is 2.86. The first kappa shape index (κ1) is 12.9. The lowest BCUT2D eigenvalue weighted by atomic mass is 9.71. The molecular formula is C14H15NO6. The van der Waals surface area contributed by atoms with Crippen LogP contribution in [0.5, 0.6) is 11.5 Å². The molecule has 0 saturated heterocycles. The van der Waals surface area contributed by atoms with E-state index in [1.807, 2.05) is 0 Å². The molecule has 1 aromatic carbocycles. The summed E-state index contributed by atoms with van der Waals surface area (Å²) in [4.78, 5) is 12.2. The van der Waals surface area contributed by atoms with Gasteiger partial charge in [0.05, 0.1) is 12.2 Å². The number of aliphatic hydroxyl groups is 3. The van der Waals surface area contributed by atoms with Crippen molar-refractivity contribution in [2.45, 2.75) is 36.7 Å². The fourth-order valence-electron chi connectivity index (χ4n) is 3.45. The van der Waals surface area contributed by atoms with Gasteiger partial charge in [0.25, 0.3) is 5.91 Å². The van der Waals surface area contributed by atoms with Crippen LogP contribution in [0.2, 0.25) is 0 Å². The van der Waals surface area contributed by atoms with Crippen molar-refractivity contribution in [3.8, 4) is 11.5 Å². The molecule has 1 saturated carbocycles. The average molecular weight is 293 g/mol. The maximum absolute atomic E-state index is 12.2. The molecule has 7 nitrogen and oxygen atoms in total. The number of carbonyl (C=O) groups excluding carboxylic acids is 1. The highest BCUT2D eigenvalue weighted by Crippen LogP contribution is 2.43. The van der Waals surface area contributed by atoms with Crippen LogP contribution in [0, 0.1) is 0 Å². The minimum Gasteiger partial charge on any atom is -0.454 e. The number of hydrogen-bond donors (Lipinski definition) is 4. The zero-order chi connectivity index (χ0) is 14.7. The lowest BCUT2D eigenvalue weighted by Crippen LogP contribution is -2.59. The van der Waals surface area contributed by atoms with E-state index in [2.05, 4.69) is 5.32 Å². The molecule has 7 heteroatoms. The number of carbonyl (C=O) groups is 1. The van der Waals surface area contributed by atoms with E-state index in [0.29, 0.717) is 22.6 Å². The van der Waals surface area contributed by atoms with E-state index in [1.165, 1.54) is 0 Å². The number of hydrogen-bond acceptors (Lipinski definition) is 6. The van der Waals surface area contributed by atoms with E-state index in [4.69, 9.17) is 9.47 Å².